The second kappa shape index (κ2) is 6.87. The van der Waals surface area contributed by atoms with E-state index in [1.54, 1.807) is 11.7 Å². The highest BCUT2D eigenvalue weighted by Gasteiger charge is 2.11. The first-order valence-electron chi connectivity index (χ1n) is 6.87. The number of ether oxygens (including phenoxy) is 1. The third kappa shape index (κ3) is 4.04. The standard InChI is InChI=1S/C13H21N7O/c1-5-6-21-13-17-11(14-2)16-12(18-13)19(3)8-10-7-15-20(4)9-10/h7,9H,5-6,8H2,1-4H3,(H,14,16,17,18). The van der Waals surface area contributed by atoms with Crippen LogP contribution in [0.15, 0.2) is 12.4 Å². The van der Waals surface area contributed by atoms with Crippen molar-refractivity contribution in [1.29, 1.82) is 0 Å². The lowest BCUT2D eigenvalue weighted by molar-refractivity contribution is 0.292. The van der Waals surface area contributed by atoms with Crippen LogP contribution >= 0.6 is 0 Å². The molecule has 2 heterocycles. The molecule has 0 aliphatic heterocycles. The van der Waals surface area contributed by atoms with Crippen LogP contribution in [0.4, 0.5) is 11.9 Å². The molecule has 0 unspecified atom stereocenters. The smallest absolute Gasteiger partial charge is 0.323 e. The summed E-state index contributed by atoms with van der Waals surface area (Å²) in [5.41, 5.74) is 1.09. The molecule has 0 saturated carbocycles. The largest absolute Gasteiger partial charge is 0.463 e. The average Bonchev–Trinajstić information content (AvgIpc) is 2.89. The molecule has 0 bridgehead atoms. The molecule has 21 heavy (non-hydrogen) atoms. The maximum absolute atomic E-state index is 5.50. The number of anilines is 2. The van der Waals surface area contributed by atoms with Gasteiger partial charge >= 0.3 is 6.01 Å². The summed E-state index contributed by atoms with van der Waals surface area (Å²) < 4.78 is 7.27. The fourth-order valence-corrected chi connectivity index (χ4v) is 1.78. The van der Waals surface area contributed by atoms with Gasteiger partial charge in [-0.25, -0.2) is 0 Å². The van der Waals surface area contributed by atoms with Gasteiger partial charge in [0.05, 0.1) is 12.8 Å². The zero-order valence-electron chi connectivity index (χ0n) is 12.9. The predicted molar refractivity (Wildman–Crippen MR) is 80.5 cm³/mol. The van der Waals surface area contributed by atoms with Crippen LogP contribution in [0.25, 0.3) is 0 Å². The molecule has 0 aliphatic carbocycles. The number of hydrogen-bond donors (Lipinski definition) is 1. The van der Waals surface area contributed by atoms with Gasteiger partial charge in [0, 0.05) is 39.4 Å². The Morgan fingerprint density at radius 3 is 2.76 bits per heavy atom. The molecular weight excluding hydrogens is 270 g/mol. The number of nitrogens with zero attached hydrogens (tertiary/aromatic N) is 6. The van der Waals surface area contributed by atoms with Crippen molar-refractivity contribution in [3.8, 4) is 6.01 Å². The van der Waals surface area contributed by atoms with E-state index in [1.807, 2.05) is 38.3 Å². The third-order valence-corrected chi connectivity index (χ3v) is 2.78. The maximum atomic E-state index is 5.50. The van der Waals surface area contributed by atoms with Gasteiger partial charge in [0.1, 0.15) is 0 Å². The molecule has 0 amide bonds. The number of aryl methyl sites for hydroxylation is 1. The first kappa shape index (κ1) is 15.0. The average molecular weight is 291 g/mol. The molecule has 114 valence electrons. The number of rotatable bonds is 7. The number of nitrogens with one attached hydrogen (secondary N) is 1. The lowest BCUT2D eigenvalue weighted by atomic mass is 10.3. The van der Waals surface area contributed by atoms with E-state index in [0.717, 1.165) is 12.0 Å². The monoisotopic (exact) mass is 291 g/mol. The van der Waals surface area contributed by atoms with Gasteiger partial charge in [-0.1, -0.05) is 6.92 Å². The van der Waals surface area contributed by atoms with Gasteiger partial charge in [-0.2, -0.15) is 20.1 Å². The second-order valence-corrected chi connectivity index (χ2v) is 4.72. The maximum Gasteiger partial charge on any atom is 0.323 e. The van der Waals surface area contributed by atoms with Crippen molar-refractivity contribution in [2.45, 2.75) is 19.9 Å². The lowest BCUT2D eigenvalue weighted by Crippen LogP contribution is -2.20. The Bertz CT molecular complexity index is 584. The molecule has 0 aromatic carbocycles. The fourth-order valence-electron chi connectivity index (χ4n) is 1.78. The molecule has 2 rings (SSSR count). The van der Waals surface area contributed by atoms with E-state index < -0.39 is 0 Å². The van der Waals surface area contributed by atoms with Crippen LogP contribution in [0.3, 0.4) is 0 Å². The van der Waals surface area contributed by atoms with Gasteiger partial charge in [0.15, 0.2) is 0 Å². The van der Waals surface area contributed by atoms with Crippen LogP contribution in [-0.2, 0) is 13.6 Å². The van der Waals surface area contributed by atoms with Crippen LogP contribution in [0, 0.1) is 0 Å². The second-order valence-electron chi connectivity index (χ2n) is 4.72. The Balaban J connectivity index is 2.16. The van der Waals surface area contributed by atoms with E-state index in [9.17, 15) is 0 Å². The van der Waals surface area contributed by atoms with E-state index >= 15 is 0 Å². The third-order valence-electron chi connectivity index (χ3n) is 2.78. The van der Waals surface area contributed by atoms with Crippen molar-refractivity contribution < 1.29 is 4.74 Å². The van der Waals surface area contributed by atoms with Crippen molar-refractivity contribution in [2.75, 3.05) is 30.9 Å². The van der Waals surface area contributed by atoms with E-state index in [-0.39, 0.29) is 0 Å². The zero-order chi connectivity index (χ0) is 15.2. The van der Waals surface area contributed by atoms with Crippen LogP contribution in [0.5, 0.6) is 6.01 Å². The molecule has 0 aliphatic rings. The Hall–Kier alpha value is -2.38. The fraction of sp³-hybridized carbons (Fsp3) is 0.538. The van der Waals surface area contributed by atoms with Crippen LogP contribution in [0.2, 0.25) is 0 Å². The number of aromatic nitrogens is 5. The molecule has 2 aromatic heterocycles. The van der Waals surface area contributed by atoms with E-state index in [0.29, 0.717) is 31.1 Å². The molecule has 8 nitrogen and oxygen atoms in total. The Kier molecular flexibility index (Phi) is 4.91. The van der Waals surface area contributed by atoms with Crippen LogP contribution < -0.4 is 15.0 Å². The van der Waals surface area contributed by atoms with Gasteiger partial charge in [0.2, 0.25) is 11.9 Å². The molecular formula is C13H21N7O. The Morgan fingerprint density at radius 2 is 2.14 bits per heavy atom. The summed E-state index contributed by atoms with van der Waals surface area (Å²) in [6, 6.07) is 0.337. The predicted octanol–water partition coefficient (Wildman–Crippen LogP) is 1.07. The summed E-state index contributed by atoms with van der Waals surface area (Å²) in [5, 5.41) is 7.08. The minimum Gasteiger partial charge on any atom is -0.463 e. The molecule has 0 spiro atoms. The summed E-state index contributed by atoms with van der Waals surface area (Å²) in [7, 11) is 5.58. The zero-order valence-corrected chi connectivity index (χ0v) is 12.9. The summed E-state index contributed by atoms with van der Waals surface area (Å²) >= 11 is 0. The molecule has 0 saturated heterocycles. The molecule has 0 fully saturated rings. The molecule has 8 heteroatoms. The quantitative estimate of drug-likeness (QED) is 0.817. The van der Waals surface area contributed by atoms with Crippen molar-refractivity contribution in [2.24, 2.45) is 7.05 Å². The van der Waals surface area contributed by atoms with Crippen LogP contribution in [-0.4, -0.2) is 45.4 Å². The topological polar surface area (TPSA) is 81.0 Å². The number of hydrogen-bond acceptors (Lipinski definition) is 7. The van der Waals surface area contributed by atoms with Gasteiger partial charge in [0.25, 0.3) is 0 Å². The Morgan fingerprint density at radius 1 is 1.33 bits per heavy atom. The van der Waals surface area contributed by atoms with E-state index in [4.69, 9.17) is 4.74 Å². The molecule has 0 radical (unpaired) electrons. The molecule has 0 atom stereocenters. The van der Waals surface area contributed by atoms with Crippen molar-refractivity contribution >= 4 is 11.9 Å². The summed E-state index contributed by atoms with van der Waals surface area (Å²) in [4.78, 5) is 14.8. The molecule has 1 N–H and O–H groups in total. The van der Waals surface area contributed by atoms with Crippen molar-refractivity contribution in [3.63, 3.8) is 0 Å². The van der Waals surface area contributed by atoms with Crippen molar-refractivity contribution in [1.82, 2.24) is 24.7 Å². The summed E-state index contributed by atoms with van der Waals surface area (Å²) in [5.74, 6) is 1.05. The van der Waals surface area contributed by atoms with Gasteiger partial charge in [-0.3, -0.25) is 4.68 Å². The minimum absolute atomic E-state index is 0.337. The highest BCUT2D eigenvalue weighted by molar-refractivity contribution is 5.37. The van der Waals surface area contributed by atoms with Gasteiger partial charge < -0.3 is 15.0 Å². The van der Waals surface area contributed by atoms with E-state index in [1.165, 1.54) is 0 Å². The summed E-state index contributed by atoms with van der Waals surface area (Å²) in [6.45, 7) is 3.28. The van der Waals surface area contributed by atoms with Gasteiger partial charge in [-0.05, 0) is 6.42 Å². The first-order chi connectivity index (χ1) is 10.1. The molecule has 2 aromatic rings. The first-order valence-corrected chi connectivity index (χ1v) is 6.87. The normalized spacial score (nSPS) is 10.5. The van der Waals surface area contributed by atoms with Crippen molar-refractivity contribution in [3.05, 3.63) is 18.0 Å². The Labute approximate surface area is 124 Å². The highest BCUT2D eigenvalue weighted by Crippen LogP contribution is 2.15. The summed E-state index contributed by atoms with van der Waals surface area (Å²) in [6.07, 6.45) is 4.69. The van der Waals surface area contributed by atoms with E-state index in [2.05, 4.69) is 25.4 Å². The SMILES string of the molecule is CCCOc1nc(NC)nc(N(C)Cc2cnn(C)c2)n1. The van der Waals surface area contributed by atoms with Crippen LogP contribution in [0.1, 0.15) is 18.9 Å². The van der Waals surface area contributed by atoms with Gasteiger partial charge in [-0.15, -0.1) is 0 Å². The lowest BCUT2D eigenvalue weighted by Gasteiger charge is -2.17. The minimum atomic E-state index is 0.337. The highest BCUT2D eigenvalue weighted by atomic mass is 16.5.